The zero-order chi connectivity index (χ0) is 21.5. The monoisotopic (exact) mass is 469 g/mol. The van der Waals surface area contributed by atoms with Crippen molar-refractivity contribution < 1.29 is 9.15 Å². The van der Waals surface area contributed by atoms with Crippen LogP contribution in [-0.2, 0) is 0 Å². The van der Waals surface area contributed by atoms with E-state index in [1.165, 1.54) is 15.9 Å². The second kappa shape index (κ2) is 7.85. The third-order valence-corrected chi connectivity index (χ3v) is 6.15. The van der Waals surface area contributed by atoms with Crippen molar-refractivity contribution in [3.8, 4) is 28.5 Å². The average molecular weight is 470 g/mol. The molecule has 0 saturated carbocycles. The van der Waals surface area contributed by atoms with E-state index in [2.05, 4.69) is 10.1 Å². The lowest BCUT2D eigenvalue weighted by Crippen LogP contribution is -2.23. The normalized spacial score (nSPS) is 12.0. The molecule has 0 spiro atoms. The molecule has 5 aromatic rings. The van der Waals surface area contributed by atoms with E-state index in [0.29, 0.717) is 42.4 Å². The Morgan fingerprint density at radius 3 is 2.65 bits per heavy atom. The van der Waals surface area contributed by atoms with Gasteiger partial charge in [-0.1, -0.05) is 34.5 Å². The molecule has 0 unspecified atom stereocenters. The van der Waals surface area contributed by atoms with Crippen LogP contribution in [0.5, 0.6) is 5.75 Å². The van der Waals surface area contributed by atoms with Crippen molar-refractivity contribution in [2.45, 2.75) is 0 Å². The molecule has 0 atom stereocenters. The van der Waals surface area contributed by atoms with Crippen LogP contribution in [0.25, 0.3) is 33.7 Å². The predicted octanol–water partition coefficient (Wildman–Crippen LogP) is 4.94. The number of halogens is 2. The van der Waals surface area contributed by atoms with Crippen molar-refractivity contribution in [3.63, 3.8) is 0 Å². The first-order valence-corrected chi connectivity index (χ1v) is 10.7. The zero-order valence-corrected chi connectivity index (χ0v) is 18.3. The standard InChI is InChI=1S/C22H13Cl2N3O3S/c1-29-14-5-2-12(3-6-14)20-25-22-27(26-20)21(28)19(31-22)11-15-7-9-18(30-15)16-10-13(23)4-8-17(16)24/h2-11H,1H3. The van der Waals surface area contributed by atoms with E-state index >= 15 is 0 Å². The zero-order valence-electron chi connectivity index (χ0n) is 16.0. The molecule has 3 heterocycles. The molecule has 0 bridgehead atoms. The van der Waals surface area contributed by atoms with Gasteiger partial charge in [0.25, 0.3) is 5.56 Å². The summed E-state index contributed by atoms with van der Waals surface area (Å²) in [6.07, 6.45) is 1.67. The van der Waals surface area contributed by atoms with Gasteiger partial charge in [-0.15, -0.1) is 5.10 Å². The van der Waals surface area contributed by atoms with E-state index in [-0.39, 0.29) is 5.56 Å². The third kappa shape index (κ3) is 3.72. The van der Waals surface area contributed by atoms with Gasteiger partial charge in [-0.3, -0.25) is 4.79 Å². The minimum atomic E-state index is -0.258. The first-order valence-electron chi connectivity index (χ1n) is 9.13. The van der Waals surface area contributed by atoms with Crippen LogP contribution in [0.2, 0.25) is 10.0 Å². The molecule has 0 N–H and O–H groups in total. The summed E-state index contributed by atoms with van der Waals surface area (Å²) < 4.78 is 12.8. The number of thiazole rings is 1. The fraction of sp³-hybridized carbons (Fsp3) is 0.0455. The number of furan rings is 1. The summed E-state index contributed by atoms with van der Waals surface area (Å²) in [6, 6.07) is 16.0. The van der Waals surface area contributed by atoms with Crippen molar-refractivity contribution in [3.05, 3.63) is 85.3 Å². The summed E-state index contributed by atoms with van der Waals surface area (Å²) in [6.45, 7) is 0. The van der Waals surface area contributed by atoms with Crippen LogP contribution in [0.3, 0.4) is 0 Å². The highest BCUT2D eigenvalue weighted by atomic mass is 35.5. The van der Waals surface area contributed by atoms with Crippen LogP contribution in [0.4, 0.5) is 0 Å². The molecule has 0 saturated heterocycles. The van der Waals surface area contributed by atoms with Crippen molar-refractivity contribution >= 4 is 45.6 Å². The lowest BCUT2D eigenvalue weighted by molar-refractivity contribution is 0.415. The van der Waals surface area contributed by atoms with Gasteiger partial charge in [-0.2, -0.15) is 9.50 Å². The highest BCUT2D eigenvalue weighted by Gasteiger charge is 2.13. The van der Waals surface area contributed by atoms with E-state index in [4.69, 9.17) is 32.4 Å². The Labute approximate surface area is 189 Å². The molecule has 5 rings (SSSR count). The minimum absolute atomic E-state index is 0.258. The van der Waals surface area contributed by atoms with Gasteiger partial charge >= 0.3 is 0 Å². The Hall–Kier alpha value is -3.13. The van der Waals surface area contributed by atoms with Crippen LogP contribution < -0.4 is 14.8 Å². The van der Waals surface area contributed by atoms with Crippen LogP contribution in [-0.4, -0.2) is 21.7 Å². The number of methoxy groups -OCH3 is 1. The van der Waals surface area contributed by atoms with Gasteiger partial charge in [0, 0.05) is 22.2 Å². The molecule has 154 valence electrons. The largest absolute Gasteiger partial charge is 0.497 e. The van der Waals surface area contributed by atoms with Crippen LogP contribution in [0, 0.1) is 0 Å². The third-order valence-electron chi connectivity index (χ3n) is 4.62. The molecular formula is C22H13Cl2N3O3S. The first-order chi connectivity index (χ1) is 15.0. The molecule has 0 radical (unpaired) electrons. The lowest BCUT2D eigenvalue weighted by Gasteiger charge is -2.00. The summed E-state index contributed by atoms with van der Waals surface area (Å²) in [7, 11) is 1.60. The van der Waals surface area contributed by atoms with Gasteiger partial charge in [0.15, 0.2) is 5.82 Å². The number of rotatable bonds is 4. The van der Waals surface area contributed by atoms with Gasteiger partial charge in [-0.05, 0) is 54.6 Å². The van der Waals surface area contributed by atoms with E-state index < -0.39 is 0 Å². The number of hydrogen-bond acceptors (Lipinski definition) is 6. The number of hydrogen-bond donors (Lipinski definition) is 0. The summed E-state index contributed by atoms with van der Waals surface area (Å²) >= 11 is 13.5. The van der Waals surface area contributed by atoms with Crippen LogP contribution in [0.1, 0.15) is 5.76 Å². The molecular weight excluding hydrogens is 457 g/mol. The Balaban J connectivity index is 1.50. The fourth-order valence-corrected chi connectivity index (χ4v) is 4.36. The van der Waals surface area contributed by atoms with Gasteiger partial charge < -0.3 is 9.15 Å². The molecule has 3 aromatic heterocycles. The fourth-order valence-electron chi connectivity index (χ4n) is 3.09. The maximum atomic E-state index is 12.8. The summed E-state index contributed by atoms with van der Waals surface area (Å²) in [5, 5.41) is 5.44. The van der Waals surface area contributed by atoms with E-state index in [9.17, 15) is 4.79 Å². The first kappa shape index (κ1) is 19.8. The number of fused-ring (bicyclic) bond motifs is 1. The van der Waals surface area contributed by atoms with E-state index in [0.717, 1.165) is 11.3 Å². The molecule has 0 aliphatic rings. The number of aromatic nitrogens is 3. The van der Waals surface area contributed by atoms with Crippen molar-refractivity contribution in [2.75, 3.05) is 7.11 Å². The Kier molecular flexibility index (Phi) is 5.02. The van der Waals surface area contributed by atoms with Gasteiger partial charge in [0.05, 0.1) is 12.1 Å². The van der Waals surface area contributed by atoms with Crippen LogP contribution in [0.15, 0.2) is 63.8 Å². The molecule has 0 fully saturated rings. The van der Waals surface area contributed by atoms with Crippen molar-refractivity contribution in [1.29, 1.82) is 0 Å². The Morgan fingerprint density at radius 2 is 1.90 bits per heavy atom. The topological polar surface area (TPSA) is 69.6 Å². The summed E-state index contributed by atoms with van der Waals surface area (Å²) in [4.78, 5) is 17.8. The van der Waals surface area contributed by atoms with E-state index in [1.54, 1.807) is 43.5 Å². The van der Waals surface area contributed by atoms with E-state index in [1.807, 2.05) is 24.3 Å². The Morgan fingerprint density at radius 1 is 1.10 bits per heavy atom. The lowest BCUT2D eigenvalue weighted by atomic mass is 10.2. The Bertz CT molecular complexity index is 1520. The van der Waals surface area contributed by atoms with Crippen LogP contribution >= 0.6 is 34.5 Å². The maximum Gasteiger partial charge on any atom is 0.291 e. The predicted molar refractivity (Wildman–Crippen MR) is 122 cm³/mol. The molecule has 9 heteroatoms. The minimum Gasteiger partial charge on any atom is -0.497 e. The smallest absolute Gasteiger partial charge is 0.291 e. The van der Waals surface area contributed by atoms with Gasteiger partial charge in [0.1, 0.15) is 21.8 Å². The molecule has 31 heavy (non-hydrogen) atoms. The second-order valence-electron chi connectivity index (χ2n) is 6.60. The maximum absolute atomic E-state index is 12.8. The highest BCUT2D eigenvalue weighted by molar-refractivity contribution is 7.15. The summed E-state index contributed by atoms with van der Waals surface area (Å²) in [5.74, 6) is 2.30. The molecule has 0 amide bonds. The van der Waals surface area contributed by atoms with Gasteiger partial charge in [-0.25, -0.2) is 0 Å². The molecule has 2 aromatic carbocycles. The summed E-state index contributed by atoms with van der Waals surface area (Å²) in [5.41, 5.74) is 1.23. The molecule has 0 aliphatic heterocycles. The SMILES string of the molecule is COc1ccc(-c2nc3sc(=Cc4ccc(-c5cc(Cl)ccc5Cl)o4)c(=O)n3n2)cc1. The van der Waals surface area contributed by atoms with Crippen molar-refractivity contribution in [2.24, 2.45) is 0 Å². The second-order valence-corrected chi connectivity index (χ2v) is 8.45. The highest BCUT2D eigenvalue weighted by Crippen LogP contribution is 2.32. The number of nitrogens with zero attached hydrogens (tertiary/aromatic N) is 3. The van der Waals surface area contributed by atoms with Crippen molar-refractivity contribution in [1.82, 2.24) is 14.6 Å². The number of ether oxygens (including phenoxy) is 1. The molecule has 6 nitrogen and oxygen atoms in total. The molecule has 0 aliphatic carbocycles. The quantitative estimate of drug-likeness (QED) is 0.372. The average Bonchev–Trinajstić information content (AvgIpc) is 3.48. The number of benzene rings is 2. The van der Waals surface area contributed by atoms with Gasteiger partial charge in [0.2, 0.25) is 4.96 Å².